The van der Waals surface area contributed by atoms with E-state index >= 15 is 0 Å². The van der Waals surface area contributed by atoms with Gasteiger partial charge < -0.3 is 9.47 Å². The molecule has 0 aromatic heterocycles. The van der Waals surface area contributed by atoms with Crippen molar-refractivity contribution in [3.05, 3.63) is 146 Å². The Bertz CT molecular complexity index is 926. The Morgan fingerprint density at radius 1 is 0.561 bits per heavy atom. The third-order valence-corrected chi connectivity index (χ3v) is 6.83. The first kappa shape index (κ1) is 35.8. The lowest BCUT2D eigenvalue weighted by Crippen LogP contribution is -2.06. The maximum absolute atomic E-state index is 5.86. The zero-order chi connectivity index (χ0) is 29.8. The van der Waals surface area contributed by atoms with Crippen LogP contribution in [-0.4, -0.2) is 19.8 Å². The Morgan fingerprint density at radius 3 is 1.34 bits per heavy atom. The molecule has 0 fully saturated rings. The Morgan fingerprint density at radius 2 is 0.951 bits per heavy atom. The number of ether oxygens (including phenoxy) is 2. The van der Waals surface area contributed by atoms with Crippen LogP contribution in [0.25, 0.3) is 0 Å². The van der Waals surface area contributed by atoms with Crippen LogP contribution in [0.2, 0.25) is 0 Å². The molecule has 41 heavy (non-hydrogen) atoms. The Kier molecular flexibility index (Phi) is 22.5. The van der Waals surface area contributed by atoms with Crippen molar-refractivity contribution in [1.82, 2.24) is 0 Å². The molecule has 3 rings (SSSR count). The lowest BCUT2D eigenvalue weighted by Gasteiger charge is -2.14. The average molecular weight is 555 g/mol. The lowest BCUT2D eigenvalue weighted by atomic mass is 9.95. The van der Waals surface area contributed by atoms with Crippen molar-refractivity contribution in [3.63, 3.8) is 0 Å². The fourth-order valence-corrected chi connectivity index (χ4v) is 4.45. The second-order valence-corrected chi connectivity index (χ2v) is 10.2. The van der Waals surface area contributed by atoms with Crippen molar-refractivity contribution in [2.45, 2.75) is 64.9 Å². The van der Waals surface area contributed by atoms with E-state index in [2.05, 4.69) is 118 Å². The highest BCUT2D eigenvalue weighted by Crippen LogP contribution is 2.17. The molecule has 0 saturated carbocycles. The van der Waals surface area contributed by atoms with Crippen LogP contribution in [-0.2, 0) is 28.9 Å². The Balaban J connectivity index is 0.000000500. The van der Waals surface area contributed by atoms with Gasteiger partial charge in [0.25, 0.3) is 0 Å². The minimum atomic E-state index is 0.534. The molecule has 0 amide bonds. The minimum Gasteiger partial charge on any atom is -0.381 e. The number of hydrogen-bond donors (Lipinski definition) is 0. The highest BCUT2D eigenvalue weighted by Gasteiger charge is 2.07. The molecule has 0 spiro atoms. The molecule has 0 bridgehead atoms. The fraction of sp³-hybridized carbons (Fsp3) is 0.385. The van der Waals surface area contributed by atoms with Gasteiger partial charge in [0.2, 0.25) is 0 Å². The van der Waals surface area contributed by atoms with E-state index in [1.54, 1.807) is 0 Å². The topological polar surface area (TPSA) is 18.5 Å². The van der Waals surface area contributed by atoms with Gasteiger partial charge in [-0.25, -0.2) is 0 Å². The van der Waals surface area contributed by atoms with Crippen LogP contribution in [0.5, 0.6) is 0 Å². The van der Waals surface area contributed by atoms with Crippen molar-refractivity contribution in [2.24, 2.45) is 11.8 Å². The lowest BCUT2D eigenvalue weighted by molar-refractivity contribution is 0.118. The molecule has 0 N–H and O–H groups in total. The molecular formula is C39H54O2. The summed E-state index contributed by atoms with van der Waals surface area (Å²) in [4.78, 5) is 0. The third-order valence-electron chi connectivity index (χ3n) is 6.83. The number of unbranched alkanes of at least 4 members (excludes halogenated alkanes) is 1. The summed E-state index contributed by atoms with van der Waals surface area (Å²) in [5.74, 6) is 1.07. The van der Waals surface area contributed by atoms with E-state index in [1.165, 1.54) is 23.1 Å². The third kappa shape index (κ3) is 18.7. The second-order valence-electron chi connectivity index (χ2n) is 10.2. The smallest absolute Gasteiger partial charge is 0.0716 e. The van der Waals surface area contributed by atoms with Crippen LogP contribution in [0.3, 0.4) is 0 Å². The predicted octanol–water partition coefficient (Wildman–Crippen LogP) is 10.5. The molecule has 0 aliphatic carbocycles. The first-order valence-corrected chi connectivity index (χ1v) is 15.3. The summed E-state index contributed by atoms with van der Waals surface area (Å²) in [6, 6.07) is 31.6. The SMILES string of the molecule is C=C.C=CC(CCCOCCCC(C=C)Cc1ccccc1)Cc1ccccc1.CCCCOCc1ccccc1. The van der Waals surface area contributed by atoms with Gasteiger partial charge in [-0.1, -0.05) is 116 Å². The van der Waals surface area contributed by atoms with Gasteiger partial charge in [-0.3, -0.25) is 0 Å². The highest BCUT2D eigenvalue weighted by molar-refractivity contribution is 5.17. The van der Waals surface area contributed by atoms with Crippen molar-refractivity contribution >= 4 is 0 Å². The van der Waals surface area contributed by atoms with E-state index in [-0.39, 0.29) is 0 Å². The molecule has 2 nitrogen and oxygen atoms in total. The molecule has 222 valence electrons. The Hall–Kier alpha value is -3.20. The van der Waals surface area contributed by atoms with Crippen LogP contribution in [0.15, 0.2) is 129 Å². The van der Waals surface area contributed by atoms with Crippen LogP contribution in [0, 0.1) is 11.8 Å². The molecule has 0 aliphatic heterocycles. The molecule has 0 saturated heterocycles. The monoisotopic (exact) mass is 554 g/mol. The largest absolute Gasteiger partial charge is 0.381 e. The van der Waals surface area contributed by atoms with Crippen LogP contribution >= 0.6 is 0 Å². The highest BCUT2D eigenvalue weighted by atomic mass is 16.5. The molecule has 0 radical (unpaired) electrons. The molecule has 2 atom stereocenters. The summed E-state index contributed by atoms with van der Waals surface area (Å²) in [6.45, 7) is 19.5. The van der Waals surface area contributed by atoms with Crippen molar-refractivity contribution in [3.8, 4) is 0 Å². The van der Waals surface area contributed by atoms with Gasteiger partial charge in [0.05, 0.1) is 6.61 Å². The zero-order valence-corrected chi connectivity index (χ0v) is 25.6. The van der Waals surface area contributed by atoms with E-state index in [0.717, 1.165) is 71.4 Å². The van der Waals surface area contributed by atoms with Crippen LogP contribution < -0.4 is 0 Å². The maximum atomic E-state index is 5.86. The normalized spacial score (nSPS) is 11.6. The molecule has 0 aliphatic rings. The molecule has 2 heteroatoms. The first-order valence-electron chi connectivity index (χ1n) is 15.3. The van der Waals surface area contributed by atoms with Crippen molar-refractivity contribution < 1.29 is 9.47 Å². The van der Waals surface area contributed by atoms with E-state index < -0.39 is 0 Å². The second kappa shape index (κ2) is 25.7. The van der Waals surface area contributed by atoms with E-state index in [0.29, 0.717) is 11.8 Å². The first-order chi connectivity index (χ1) is 20.2. The van der Waals surface area contributed by atoms with Gasteiger partial charge in [-0.15, -0.1) is 26.3 Å². The minimum absolute atomic E-state index is 0.534. The molecule has 3 aromatic rings. The van der Waals surface area contributed by atoms with E-state index in [9.17, 15) is 0 Å². The molecule has 0 heterocycles. The van der Waals surface area contributed by atoms with Gasteiger partial charge in [-0.2, -0.15) is 0 Å². The number of hydrogen-bond acceptors (Lipinski definition) is 2. The van der Waals surface area contributed by atoms with Gasteiger partial charge in [0.1, 0.15) is 0 Å². The zero-order valence-electron chi connectivity index (χ0n) is 25.6. The summed E-state index contributed by atoms with van der Waals surface area (Å²) in [6.07, 6.45) is 13.2. The maximum Gasteiger partial charge on any atom is 0.0716 e. The predicted molar refractivity (Wildman–Crippen MR) is 179 cm³/mol. The van der Waals surface area contributed by atoms with Gasteiger partial charge in [0, 0.05) is 19.8 Å². The van der Waals surface area contributed by atoms with Gasteiger partial charge in [0.15, 0.2) is 0 Å². The number of rotatable bonds is 19. The molecular weight excluding hydrogens is 500 g/mol. The summed E-state index contributed by atoms with van der Waals surface area (Å²) < 4.78 is 11.3. The van der Waals surface area contributed by atoms with Gasteiger partial charge >= 0.3 is 0 Å². The standard InChI is InChI=1S/C26H34O.C11H16O.C2H4/c1-3-23(21-25-13-7-5-8-14-25)17-11-19-27-20-12-18-24(4-2)22-26-15-9-6-10-16-26;1-2-3-9-12-10-11-7-5-4-6-8-11;1-2/h3-10,13-16,23-24H,1-2,11-12,17-22H2;4-8H,2-3,9-10H2,1H3;1-2H2. The molecule has 2 unspecified atom stereocenters. The van der Waals surface area contributed by atoms with E-state index in [4.69, 9.17) is 9.47 Å². The van der Waals surface area contributed by atoms with Crippen LogP contribution in [0.4, 0.5) is 0 Å². The Labute approximate surface area is 251 Å². The number of allylic oxidation sites excluding steroid dienone is 2. The van der Waals surface area contributed by atoms with Crippen molar-refractivity contribution in [1.29, 1.82) is 0 Å². The molecule has 3 aromatic carbocycles. The summed E-state index contributed by atoms with van der Waals surface area (Å²) in [7, 11) is 0. The van der Waals surface area contributed by atoms with Crippen LogP contribution in [0.1, 0.15) is 62.1 Å². The van der Waals surface area contributed by atoms with Gasteiger partial charge in [-0.05, 0) is 73.5 Å². The number of benzene rings is 3. The van der Waals surface area contributed by atoms with E-state index in [1.807, 2.05) is 18.2 Å². The fourth-order valence-electron chi connectivity index (χ4n) is 4.45. The quantitative estimate of drug-likeness (QED) is 0.108. The van der Waals surface area contributed by atoms with Crippen molar-refractivity contribution in [2.75, 3.05) is 19.8 Å². The average Bonchev–Trinajstić information content (AvgIpc) is 3.04. The summed E-state index contributed by atoms with van der Waals surface area (Å²) in [5.41, 5.74) is 4.03. The summed E-state index contributed by atoms with van der Waals surface area (Å²) >= 11 is 0. The summed E-state index contributed by atoms with van der Waals surface area (Å²) in [5, 5.41) is 0.